The van der Waals surface area contributed by atoms with Crippen LogP contribution < -0.4 is 5.32 Å². The van der Waals surface area contributed by atoms with Crippen molar-refractivity contribution in [1.29, 1.82) is 0 Å². The van der Waals surface area contributed by atoms with Crippen LogP contribution in [0.4, 0.5) is 0 Å². The van der Waals surface area contributed by atoms with E-state index in [9.17, 15) is 5.11 Å². The molecule has 12 heavy (non-hydrogen) atoms. The molecule has 0 aromatic carbocycles. The summed E-state index contributed by atoms with van der Waals surface area (Å²) in [4.78, 5) is 0. The molecule has 1 heterocycles. The lowest BCUT2D eigenvalue weighted by atomic mass is 9.78. The third-order valence-electron chi connectivity index (χ3n) is 3.45. The maximum absolute atomic E-state index is 9.52. The summed E-state index contributed by atoms with van der Waals surface area (Å²) >= 11 is 0. The number of aliphatic hydroxyl groups excluding tert-OH is 1. The highest BCUT2D eigenvalue weighted by molar-refractivity contribution is 4.82. The molecule has 2 aliphatic rings. The first-order valence-corrected chi connectivity index (χ1v) is 5.25. The van der Waals surface area contributed by atoms with Gasteiger partial charge in [-0.2, -0.15) is 0 Å². The van der Waals surface area contributed by atoms with Gasteiger partial charge in [-0.25, -0.2) is 0 Å². The number of nitrogens with one attached hydrogen (secondary N) is 1. The summed E-state index contributed by atoms with van der Waals surface area (Å²) in [5, 5.41) is 12.9. The molecule has 3 unspecified atom stereocenters. The highest BCUT2D eigenvalue weighted by Crippen LogP contribution is 2.32. The van der Waals surface area contributed by atoms with E-state index in [4.69, 9.17) is 0 Å². The van der Waals surface area contributed by atoms with Crippen LogP contribution >= 0.6 is 0 Å². The Morgan fingerprint density at radius 2 is 2.00 bits per heavy atom. The average Bonchev–Trinajstić information content (AvgIpc) is 2.56. The van der Waals surface area contributed by atoms with Gasteiger partial charge in [0.15, 0.2) is 0 Å². The van der Waals surface area contributed by atoms with Crippen molar-refractivity contribution in [3.63, 3.8) is 0 Å². The topological polar surface area (TPSA) is 32.3 Å². The summed E-state index contributed by atoms with van der Waals surface area (Å²) in [7, 11) is 0. The van der Waals surface area contributed by atoms with Crippen molar-refractivity contribution in [2.75, 3.05) is 13.1 Å². The number of hydrogen-bond acceptors (Lipinski definition) is 2. The molecule has 0 aromatic heterocycles. The molecule has 0 spiro atoms. The highest BCUT2D eigenvalue weighted by Gasteiger charge is 2.29. The molecular weight excluding hydrogens is 150 g/mol. The molecule has 1 aliphatic heterocycles. The SMILES string of the molecule is OC1CCCC(C2CCNC2)C1. The third kappa shape index (κ3) is 1.80. The van der Waals surface area contributed by atoms with Crippen LogP contribution in [0, 0.1) is 11.8 Å². The lowest BCUT2D eigenvalue weighted by Gasteiger charge is -2.29. The summed E-state index contributed by atoms with van der Waals surface area (Å²) in [5.41, 5.74) is 0. The molecule has 70 valence electrons. The van der Waals surface area contributed by atoms with E-state index in [1.165, 1.54) is 32.4 Å². The molecule has 0 aromatic rings. The number of hydrogen-bond donors (Lipinski definition) is 2. The summed E-state index contributed by atoms with van der Waals surface area (Å²) < 4.78 is 0. The Kier molecular flexibility index (Phi) is 2.66. The maximum Gasteiger partial charge on any atom is 0.0543 e. The van der Waals surface area contributed by atoms with Crippen LogP contribution in [-0.2, 0) is 0 Å². The van der Waals surface area contributed by atoms with Crippen molar-refractivity contribution in [3.8, 4) is 0 Å². The normalized spacial score (nSPS) is 43.2. The van der Waals surface area contributed by atoms with E-state index < -0.39 is 0 Å². The van der Waals surface area contributed by atoms with Crippen molar-refractivity contribution in [3.05, 3.63) is 0 Å². The summed E-state index contributed by atoms with van der Waals surface area (Å²) in [6, 6.07) is 0. The zero-order valence-electron chi connectivity index (χ0n) is 7.63. The predicted octanol–water partition coefficient (Wildman–Crippen LogP) is 1.15. The van der Waals surface area contributed by atoms with Gasteiger partial charge < -0.3 is 10.4 Å². The van der Waals surface area contributed by atoms with Gasteiger partial charge in [0.2, 0.25) is 0 Å². The Bertz CT molecular complexity index is 143. The van der Waals surface area contributed by atoms with Crippen LogP contribution in [-0.4, -0.2) is 24.3 Å². The minimum atomic E-state index is 0.00403. The monoisotopic (exact) mass is 169 g/mol. The quantitative estimate of drug-likeness (QED) is 0.617. The summed E-state index contributed by atoms with van der Waals surface area (Å²) in [5.74, 6) is 1.67. The van der Waals surface area contributed by atoms with Crippen LogP contribution in [0.15, 0.2) is 0 Å². The first-order valence-electron chi connectivity index (χ1n) is 5.25. The first-order chi connectivity index (χ1) is 5.86. The van der Waals surface area contributed by atoms with Gasteiger partial charge in [0.1, 0.15) is 0 Å². The fourth-order valence-electron chi connectivity index (χ4n) is 2.71. The molecule has 0 amide bonds. The predicted molar refractivity (Wildman–Crippen MR) is 48.9 cm³/mol. The second-order valence-electron chi connectivity index (χ2n) is 4.33. The standard InChI is InChI=1S/C10H19NO/c12-10-3-1-2-8(6-10)9-4-5-11-7-9/h8-12H,1-7H2. The Labute approximate surface area is 74.4 Å². The van der Waals surface area contributed by atoms with Crippen LogP contribution in [0.1, 0.15) is 32.1 Å². The summed E-state index contributed by atoms with van der Waals surface area (Å²) in [6.45, 7) is 2.38. The largest absolute Gasteiger partial charge is 0.393 e. The third-order valence-corrected chi connectivity index (χ3v) is 3.45. The highest BCUT2D eigenvalue weighted by atomic mass is 16.3. The molecule has 2 N–H and O–H groups in total. The van der Waals surface area contributed by atoms with Crippen LogP contribution in [0.3, 0.4) is 0 Å². The minimum Gasteiger partial charge on any atom is -0.393 e. The maximum atomic E-state index is 9.52. The molecule has 0 radical (unpaired) electrons. The fourth-order valence-corrected chi connectivity index (χ4v) is 2.71. The van der Waals surface area contributed by atoms with E-state index in [1.54, 1.807) is 0 Å². The zero-order chi connectivity index (χ0) is 8.39. The Morgan fingerprint density at radius 3 is 2.67 bits per heavy atom. The lowest BCUT2D eigenvalue weighted by Crippen LogP contribution is -2.26. The van der Waals surface area contributed by atoms with Crippen LogP contribution in [0.25, 0.3) is 0 Å². The van der Waals surface area contributed by atoms with Crippen LogP contribution in [0.2, 0.25) is 0 Å². The van der Waals surface area contributed by atoms with Crippen molar-refractivity contribution >= 4 is 0 Å². The van der Waals surface area contributed by atoms with Gasteiger partial charge in [-0.05, 0) is 50.6 Å². The zero-order valence-corrected chi connectivity index (χ0v) is 7.63. The molecule has 1 aliphatic carbocycles. The lowest BCUT2D eigenvalue weighted by molar-refractivity contribution is 0.0829. The van der Waals surface area contributed by atoms with Crippen molar-refractivity contribution in [2.45, 2.75) is 38.2 Å². The van der Waals surface area contributed by atoms with E-state index in [-0.39, 0.29) is 6.10 Å². The van der Waals surface area contributed by atoms with Gasteiger partial charge in [-0.3, -0.25) is 0 Å². The Hall–Kier alpha value is -0.0800. The van der Waals surface area contributed by atoms with Crippen molar-refractivity contribution in [1.82, 2.24) is 5.32 Å². The number of rotatable bonds is 1. The minimum absolute atomic E-state index is 0.00403. The van der Waals surface area contributed by atoms with E-state index in [1.807, 2.05) is 0 Å². The summed E-state index contributed by atoms with van der Waals surface area (Å²) in [6.07, 6.45) is 6.02. The molecule has 1 saturated heterocycles. The van der Waals surface area contributed by atoms with Crippen LogP contribution in [0.5, 0.6) is 0 Å². The number of aliphatic hydroxyl groups is 1. The smallest absolute Gasteiger partial charge is 0.0543 e. The molecule has 2 fully saturated rings. The molecule has 2 heteroatoms. The van der Waals surface area contributed by atoms with Gasteiger partial charge in [0.05, 0.1) is 6.10 Å². The van der Waals surface area contributed by atoms with Crippen molar-refractivity contribution < 1.29 is 5.11 Å². The molecule has 2 rings (SSSR count). The van der Waals surface area contributed by atoms with E-state index in [0.717, 1.165) is 24.7 Å². The van der Waals surface area contributed by atoms with Gasteiger partial charge in [-0.1, -0.05) is 6.42 Å². The first kappa shape index (κ1) is 8.52. The molecule has 0 bridgehead atoms. The molecule has 3 atom stereocenters. The average molecular weight is 169 g/mol. The van der Waals surface area contributed by atoms with Gasteiger partial charge in [-0.15, -0.1) is 0 Å². The van der Waals surface area contributed by atoms with E-state index in [2.05, 4.69) is 5.32 Å². The Morgan fingerprint density at radius 1 is 1.08 bits per heavy atom. The van der Waals surface area contributed by atoms with E-state index in [0.29, 0.717) is 0 Å². The van der Waals surface area contributed by atoms with Gasteiger partial charge in [0.25, 0.3) is 0 Å². The second-order valence-corrected chi connectivity index (χ2v) is 4.33. The van der Waals surface area contributed by atoms with E-state index >= 15 is 0 Å². The molecular formula is C10H19NO. The molecule has 1 saturated carbocycles. The van der Waals surface area contributed by atoms with Gasteiger partial charge >= 0.3 is 0 Å². The fraction of sp³-hybridized carbons (Fsp3) is 1.00. The second kappa shape index (κ2) is 3.75. The Balaban J connectivity index is 1.85. The van der Waals surface area contributed by atoms with Gasteiger partial charge in [0, 0.05) is 0 Å². The van der Waals surface area contributed by atoms with Crippen molar-refractivity contribution in [2.24, 2.45) is 11.8 Å². The molecule has 2 nitrogen and oxygen atoms in total.